The Morgan fingerprint density at radius 2 is 1.80 bits per heavy atom. The Bertz CT molecular complexity index is 558. The second-order valence-corrected chi connectivity index (χ2v) is 8.67. The number of hydrogen-bond acceptors (Lipinski definition) is 2. The zero-order valence-corrected chi connectivity index (χ0v) is 14.0. The van der Waals surface area contributed by atoms with Gasteiger partial charge in [-0.2, -0.15) is 0 Å². The maximum Gasteiger partial charge on any atom is 0.262 e. The smallest absolute Gasteiger partial charge is 0.262 e. The van der Waals surface area contributed by atoms with Gasteiger partial charge in [-0.15, -0.1) is 0 Å². The van der Waals surface area contributed by atoms with Crippen molar-refractivity contribution in [1.82, 2.24) is 10.9 Å². The Labute approximate surface area is 134 Å². The maximum absolute atomic E-state index is 11.9. The van der Waals surface area contributed by atoms with E-state index in [-0.39, 0.29) is 15.0 Å². The monoisotopic (exact) mass is 400 g/mol. The van der Waals surface area contributed by atoms with Crippen LogP contribution in [0.3, 0.4) is 0 Å². The molecular formula is C14H14Br2N2O2. The van der Waals surface area contributed by atoms with Crippen LogP contribution in [0.5, 0.6) is 0 Å². The first kappa shape index (κ1) is 15.3. The van der Waals surface area contributed by atoms with Crippen LogP contribution in [0.1, 0.15) is 18.9 Å². The molecule has 0 saturated heterocycles. The van der Waals surface area contributed by atoms with Crippen molar-refractivity contribution in [3.8, 4) is 0 Å². The molecule has 4 nitrogen and oxygen atoms in total. The second kappa shape index (κ2) is 5.69. The molecule has 0 bridgehead atoms. The topological polar surface area (TPSA) is 58.2 Å². The van der Waals surface area contributed by atoms with E-state index >= 15 is 0 Å². The Balaban J connectivity index is 1.82. The van der Waals surface area contributed by atoms with Crippen LogP contribution in [0.15, 0.2) is 36.4 Å². The predicted molar refractivity (Wildman–Crippen MR) is 85.1 cm³/mol. The molecule has 0 spiro atoms. The molecule has 0 aliphatic heterocycles. The highest BCUT2D eigenvalue weighted by Gasteiger charge is 2.66. The zero-order chi connectivity index (χ0) is 14.8. The van der Waals surface area contributed by atoms with Crippen molar-refractivity contribution in [2.24, 2.45) is 5.41 Å². The molecule has 0 heterocycles. The van der Waals surface area contributed by atoms with E-state index in [0.29, 0.717) is 6.42 Å². The number of hydrogen-bond donors (Lipinski definition) is 2. The van der Waals surface area contributed by atoms with Gasteiger partial charge in [0.1, 0.15) is 0 Å². The molecule has 0 unspecified atom stereocenters. The van der Waals surface area contributed by atoms with E-state index in [2.05, 4.69) is 42.7 Å². The fraction of sp³-hybridized carbons (Fsp3) is 0.286. The van der Waals surface area contributed by atoms with E-state index in [4.69, 9.17) is 0 Å². The van der Waals surface area contributed by atoms with Crippen molar-refractivity contribution in [1.29, 1.82) is 0 Å². The van der Waals surface area contributed by atoms with Crippen molar-refractivity contribution in [2.45, 2.75) is 16.6 Å². The van der Waals surface area contributed by atoms with Gasteiger partial charge in [-0.25, -0.2) is 0 Å². The molecule has 1 aromatic carbocycles. The fourth-order valence-corrected chi connectivity index (χ4v) is 3.16. The Hall–Kier alpha value is -1.14. The second-order valence-electron chi connectivity index (χ2n) is 4.90. The third-order valence-electron chi connectivity index (χ3n) is 3.28. The summed E-state index contributed by atoms with van der Waals surface area (Å²) in [6.07, 6.45) is 3.72. The minimum Gasteiger partial charge on any atom is -0.273 e. The molecule has 1 fully saturated rings. The first-order valence-corrected chi connectivity index (χ1v) is 7.65. The summed E-state index contributed by atoms with van der Waals surface area (Å²) in [4.78, 5) is 23.5. The molecule has 106 valence electrons. The molecule has 1 aliphatic carbocycles. The van der Waals surface area contributed by atoms with Gasteiger partial charge in [0, 0.05) is 6.08 Å². The number of rotatable bonds is 3. The summed E-state index contributed by atoms with van der Waals surface area (Å²) < 4.78 is -0.373. The summed E-state index contributed by atoms with van der Waals surface area (Å²) in [5.41, 5.74) is 5.16. The van der Waals surface area contributed by atoms with Crippen molar-refractivity contribution in [3.05, 3.63) is 42.0 Å². The Kier molecular flexibility index (Phi) is 4.34. The van der Waals surface area contributed by atoms with Gasteiger partial charge in [0.15, 0.2) is 0 Å². The van der Waals surface area contributed by atoms with Gasteiger partial charge in [-0.1, -0.05) is 62.2 Å². The quantitative estimate of drug-likeness (QED) is 0.464. The van der Waals surface area contributed by atoms with Gasteiger partial charge >= 0.3 is 0 Å². The van der Waals surface area contributed by atoms with E-state index in [1.54, 1.807) is 6.08 Å². The van der Waals surface area contributed by atoms with Crippen LogP contribution >= 0.6 is 31.9 Å². The summed E-state index contributed by atoms with van der Waals surface area (Å²) >= 11 is 6.81. The van der Waals surface area contributed by atoms with Crippen molar-refractivity contribution >= 4 is 49.8 Å². The van der Waals surface area contributed by atoms with Crippen LogP contribution in [0, 0.1) is 5.41 Å². The van der Waals surface area contributed by atoms with E-state index in [9.17, 15) is 9.59 Å². The molecule has 2 amide bonds. The fourth-order valence-electron chi connectivity index (χ4n) is 1.68. The van der Waals surface area contributed by atoms with Crippen molar-refractivity contribution < 1.29 is 9.59 Å². The number of carbonyl (C=O) groups excluding carboxylic acids is 2. The molecule has 1 saturated carbocycles. The average molecular weight is 402 g/mol. The average Bonchev–Trinajstić information content (AvgIpc) is 2.95. The SMILES string of the molecule is C[C@]1(C(=O)NNC(=O)/C=C\c2ccccc2)CC1(Br)Br. The summed E-state index contributed by atoms with van der Waals surface area (Å²) in [5.74, 6) is -0.603. The Morgan fingerprint density at radius 1 is 1.20 bits per heavy atom. The molecule has 6 heteroatoms. The summed E-state index contributed by atoms with van der Waals surface area (Å²) in [7, 11) is 0. The lowest BCUT2D eigenvalue weighted by Gasteiger charge is -2.12. The van der Waals surface area contributed by atoms with Crippen LogP contribution in [0.4, 0.5) is 0 Å². The lowest BCUT2D eigenvalue weighted by molar-refractivity contribution is -0.130. The highest BCUT2D eigenvalue weighted by Crippen LogP contribution is 2.66. The normalized spacial score (nSPS) is 23.4. The molecule has 1 atom stereocenters. The molecule has 2 rings (SSSR count). The minimum absolute atomic E-state index is 0.229. The maximum atomic E-state index is 11.9. The molecule has 0 aromatic heterocycles. The summed E-state index contributed by atoms with van der Waals surface area (Å²) in [6.45, 7) is 1.82. The van der Waals surface area contributed by atoms with Gasteiger partial charge in [-0.05, 0) is 25.0 Å². The minimum atomic E-state index is -0.552. The van der Waals surface area contributed by atoms with E-state index in [1.807, 2.05) is 37.3 Å². The standard InChI is InChI=1S/C14H14Br2N2O2/c1-13(9-14(13,15)16)12(20)18-17-11(19)8-7-10-5-3-2-4-6-10/h2-8H,9H2,1H3,(H,17,19)(H,18,20)/b8-7-/t13-/m1/s1. The predicted octanol–water partition coefficient (Wildman–Crippen LogP) is 2.74. The van der Waals surface area contributed by atoms with E-state index in [1.165, 1.54) is 6.08 Å². The molecule has 20 heavy (non-hydrogen) atoms. The highest BCUT2D eigenvalue weighted by atomic mass is 79.9. The number of alkyl halides is 2. The van der Waals surface area contributed by atoms with E-state index < -0.39 is 5.41 Å². The number of halogens is 2. The largest absolute Gasteiger partial charge is 0.273 e. The lowest BCUT2D eigenvalue weighted by atomic mass is 10.1. The number of nitrogens with one attached hydrogen (secondary N) is 2. The van der Waals surface area contributed by atoms with E-state index in [0.717, 1.165) is 5.56 Å². The molecular weight excluding hydrogens is 388 g/mol. The highest BCUT2D eigenvalue weighted by molar-refractivity contribution is 9.25. The van der Waals surface area contributed by atoms with Gasteiger partial charge in [0.25, 0.3) is 5.91 Å². The summed E-state index contributed by atoms with van der Waals surface area (Å²) in [5, 5.41) is 0. The van der Waals surface area contributed by atoms with Gasteiger partial charge in [0.2, 0.25) is 5.91 Å². The molecule has 0 radical (unpaired) electrons. The molecule has 2 N–H and O–H groups in total. The zero-order valence-electron chi connectivity index (χ0n) is 10.8. The van der Waals surface area contributed by atoms with Crippen LogP contribution in [0.25, 0.3) is 6.08 Å². The van der Waals surface area contributed by atoms with Crippen LogP contribution in [-0.4, -0.2) is 15.0 Å². The lowest BCUT2D eigenvalue weighted by Crippen LogP contribution is -2.45. The number of carbonyl (C=O) groups is 2. The Morgan fingerprint density at radius 3 is 2.35 bits per heavy atom. The van der Waals surface area contributed by atoms with Crippen LogP contribution in [0.2, 0.25) is 0 Å². The first-order valence-electron chi connectivity index (χ1n) is 6.06. The third kappa shape index (κ3) is 3.30. The molecule has 1 aliphatic rings. The van der Waals surface area contributed by atoms with Crippen LogP contribution in [-0.2, 0) is 9.59 Å². The number of benzene rings is 1. The van der Waals surface area contributed by atoms with Gasteiger partial charge < -0.3 is 0 Å². The van der Waals surface area contributed by atoms with Crippen molar-refractivity contribution in [3.63, 3.8) is 0 Å². The van der Waals surface area contributed by atoms with Gasteiger partial charge in [0.05, 0.1) is 8.65 Å². The van der Waals surface area contributed by atoms with Crippen molar-refractivity contribution in [2.75, 3.05) is 0 Å². The summed E-state index contributed by atoms with van der Waals surface area (Å²) in [6, 6.07) is 9.45. The first-order chi connectivity index (χ1) is 9.35. The number of amides is 2. The molecule has 1 aromatic rings. The van der Waals surface area contributed by atoms with Gasteiger partial charge in [-0.3, -0.25) is 20.4 Å². The third-order valence-corrected chi connectivity index (χ3v) is 5.60. The van der Waals surface area contributed by atoms with Crippen LogP contribution < -0.4 is 10.9 Å². The number of hydrazine groups is 1.